The first-order chi connectivity index (χ1) is 10.8. The van der Waals surface area contributed by atoms with E-state index < -0.39 is 11.7 Å². The number of anilines is 1. The van der Waals surface area contributed by atoms with Gasteiger partial charge in [-0.05, 0) is 31.2 Å². The number of carbonyl (C=O) groups excluding carboxylic acids is 1. The standard InChI is InChI=1S/C15H15F3N4O/c1-9-8-21(12-4-2-11(3-5-12)15(16,17)18)14(23)13-10(6-19)7-20-22(9)13/h2-5,7,9H,6,8,19H2,1H3/t9-/m0/s1. The highest BCUT2D eigenvalue weighted by atomic mass is 19.4. The first-order valence-electron chi connectivity index (χ1n) is 7.08. The molecule has 2 heterocycles. The van der Waals surface area contributed by atoms with Gasteiger partial charge in [-0.3, -0.25) is 9.48 Å². The normalized spacial score (nSPS) is 18.2. The maximum Gasteiger partial charge on any atom is 0.416 e. The highest BCUT2D eigenvalue weighted by Crippen LogP contribution is 2.32. The van der Waals surface area contributed by atoms with Gasteiger partial charge < -0.3 is 10.6 Å². The Bertz CT molecular complexity index is 736. The molecule has 2 aromatic rings. The number of hydrogen-bond acceptors (Lipinski definition) is 3. The van der Waals surface area contributed by atoms with Gasteiger partial charge in [0, 0.05) is 24.3 Å². The third-order valence-electron chi connectivity index (χ3n) is 3.91. The summed E-state index contributed by atoms with van der Waals surface area (Å²) in [6, 6.07) is 4.47. The van der Waals surface area contributed by atoms with Gasteiger partial charge in [-0.15, -0.1) is 0 Å². The first-order valence-corrected chi connectivity index (χ1v) is 7.08. The molecule has 0 aliphatic carbocycles. The van der Waals surface area contributed by atoms with Crippen LogP contribution in [0, 0.1) is 0 Å². The van der Waals surface area contributed by atoms with Crippen LogP contribution in [0.4, 0.5) is 18.9 Å². The second-order valence-corrected chi connectivity index (χ2v) is 5.48. The minimum absolute atomic E-state index is 0.0923. The number of nitrogens with two attached hydrogens (primary N) is 1. The van der Waals surface area contributed by atoms with E-state index in [0.717, 1.165) is 12.1 Å². The number of amides is 1. The lowest BCUT2D eigenvalue weighted by molar-refractivity contribution is -0.137. The first kappa shape index (κ1) is 15.5. The van der Waals surface area contributed by atoms with Gasteiger partial charge >= 0.3 is 6.18 Å². The zero-order valence-corrected chi connectivity index (χ0v) is 12.3. The van der Waals surface area contributed by atoms with Crippen molar-refractivity contribution in [3.63, 3.8) is 0 Å². The molecule has 1 aromatic carbocycles. The van der Waals surface area contributed by atoms with Gasteiger partial charge in [0.05, 0.1) is 17.8 Å². The van der Waals surface area contributed by atoms with Crippen molar-refractivity contribution in [2.75, 3.05) is 11.4 Å². The topological polar surface area (TPSA) is 64.2 Å². The zero-order chi connectivity index (χ0) is 16.8. The lowest BCUT2D eigenvalue weighted by atomic mass is 10.1. The number of alkyl halides is 3. The molecule has 0 unspecified atom stereocenters. The van der Waals surface area contributed by atoms with E-state index in [0.29, 0.717) is 23.5 Å². The van der Waals surface area contributed by atoms with Crippen molar-refractivity contribution in [2.45, 2.75) is 25.7 Å². The summed E-state index contributed by atoms with van der Waals surface area (Å²) in [5.74, 6) is -0.305. The molecule has 8 heteroatoms. The summed E-state index contributed by atoms with van der Waals surface area (Å²) >= 11 is 0. The SMILES string of the molecule is C[C@H]1CN(c2ccc(C(F)(F)F)cc2)C(=O)c2c(CN)cnn21. The monoisotopic (exact) mass is 324 g/mol. The summed E-state index contributed by atoms with van der Waals surface area (Å²) in [6.45, 7) is 2.40. The predicted octanol–water partition coefficient (Wildman–Crippen LogP) is 2.58. The van der Waals surface area contributed by atoms with Gasteiger partial charge in [0.15, 0.2) is 0 Å². The molecule has 0 saturated carbocycles. The van der Waals surface area contributed by atoms with E-state index in [2.05, 4.69) is 5.10 Å². The molecule has 1 atom stereocenters. The lowest BCUT2D eigenvalue weighted by Crippen LogP contribution is -2.43. The third-order valence-corrected chi connectivity index (χ3v) is 3.91. The molecule has 1 aliphatic rings. The van der Waals surface area contributed by atoms with Crippen LogP contribution in [0.5, 0.6) is 0 Å². The number of hydrogen-bond donors (Lipinski definition) is 1. The molecule has 0 fully saturated rings. The predicted molar refractivity (Wildman–Crippen MR) is 77.9 cm³/mol. The number of rotatable bonds is 2. The van der Waals surface area contributed by atoms with Crippen LogP contribution in [0.2, 0.25) is 0 Å². The number of halogens is 3. The minimum Gasteiger partial charge on any atom is -0.326 e. The van der Waals surface area contributed by atoms with E-state index in [1.807, 2.05) is 6.92 Å². The third kappa shape index (κ3) is 2.59. The molecule has 1 amide bonds. The molecule has 23 heavy (non-hydrogen) atoms. The number of carbonyl (C=O) groups is 1. The quantitative estimate of drug-likeness (QED) is 0.923. The maximum absolute atomic E-state index is 12.7. The molecule has 122 valence electrons. The summed E-state index contributed by atoms with van der Waals surface area (Å²) < 4.78 is 39.6. The van der Waals surface area contributed by atoms with Gasteiger partial charge in [-0.25, -0.2) is 0 Å². The average Bonchev–Trinajstić information content (AvgIpc) is 2.95. The van der Waals surface area contributed by atoms with Crippen LogP contribution < -0.4 is 10.6 Å². The average molecular weight is 324 g/mol. The van der Waals surface area contributed by atoms with Crippen LogP contribution in [0.3, 0.4) is 0 Å². The number of aromatic nitrogens is 2. The fourth-order valence-corrected chi connectivity index (χ4v) is 2.72. The summed E-state index contributed by atoms with van der Waals surface area (Å²) in [7, 11) is 0. The highest BCUT2D eigenvalue weighted by molar-refractivity contribution is 6.06. The van der Waals surface area contributed by atoms with E-state index in [1.54, 1.807) is 10.9 Å². The van der Waals surface area contributed by atoms with Gasteiger partial charge in [-0.1, -0.05) is 0 Å². The lowest BCUT2D eigenvalue weighted by Gasteiger charge is -2.32. The second kappa shape index (κ2) is 5.38. The molecular formula is C15H15F3N4O. The zero-order valence-electron chi connectivity index (χ0n) is 12.3. The Kier molecular flexibility index (Phi) is 3.63. The molecule has 2 N–H and O–H groups in total. The van der Waals surface area contributed by atoms with Crippen molar-refractivity contribution in [3.8, 4) is 0 Å². The van der Waals surface area contributed by atoms with E-state index in [1.165, 1.54) is 17.0 Å². The van der Waals surface area contributed by atoms with E-state index in [9.17, 15) is 18.0 Å². The number of fused-ring (bicyclic) bond motifs is 1. The Balaban J connectivity index is 1.97. The van der Waals surface area contributed by atoms with Gasteiger partial charge in [0.25, 0.3) is 5.91 Å². The molecule has 0 radical (unpaired) electrons. The van der Waals surface area contributed by atoms with Crippen molar-refractivity contribution in [2.24, 2.45) is 5.73 Å². The summed E-state index contributed by atoms with van der Waals surface area (Å²) in [5, 5.41) is 4.17. The summed E-state index contributed by atoms with van der Waals surface area (Å²) in [4.78, 5) is 14.1. The molecular weight excluding hydrogens is 309 g/mol. The molecule has 0 saturated heterocycles. The van der Waals surface area contributed by atoms with Crippen LogP contribution in [0.1, 0.15) is 34.6 Å². The largest absolute Gasteiger partial charge is 0.416 e. The maximum atomic E-state index is 12.7. The van der Waals surface area contributed by atoms with Gasteiger partial charge in [-0.2, -0.15) is 18.3 Å². The van der Waals surface area contributed by atoms with E-state index in [4.69, 9.17) is 5.73 Å². The second-order valence-electron chi connectivity index (χ2n) is 5.48. The van der Waals surface area contributed by atoms with Crippen LogP contribution in [0.15, 0.2) is 30.5 Å². The fourth-order valence-electron chi connectivity index (χ4n) is 2.72. The summed E-state index contributed by atoms with van der Waals surface area (Å²) in [6.07, 6.45) is -2.84. The molecule has 5 nitrogen and oxygen atoms in total. The van der Waals surface area contributed by atoms with Gasteiger partial charge in [0.2, 0.25) is 0 Å². The van der Waals surface area contributed by atoms with E-state index >= 15 is 0 Å². The van der Waals surface area contributed by atoms with Gasteiger partial charge in [0.1, 0.15) is 5.69 Å². The van der Waals surface area contributed by atoms with Crippen LogP contribution >= 0.6 is 0 Å². The molecule has 0 bridgehead atoms. The van der Waals surface area contributed by atoms with Crippen molar-refractivity contribution >= 4 is 11.6 Å². The Hall–Kier alpha value is -2.35. The molecule has 3 rings (SSSR count). The van der Waals surface area contributed by atoms with E-state index in [-0.39, 0.29) is 18.5 Å². The van der Waals surface area contributed by atoms with Crippen molar-refractivity contribution in [3.05, 3.63) is 47.3 Å². The smallest absolute Gasteiger partial charge is 0.326 e. The number of benzene rings is 1. The molecule has 0 spiro atoms. The molecule has 1 aromatic heterocycles. The van der Waals surface area contributed by atoms with Crippen molar-refractivity contribution in [1.29, 1.82) is 0 Å². The van der Waals surface area contributed by atoms with Crippen molar-refractivity contribution in [1.82, 2.24) is 9.78 Å². The highest BCUT2D eigenvalue weighted by Gasteiger charge is 2.34. The Labute approximate surface area is 130 Å². The van der Waals surface area contributed by atoms with Crippen molar-refractivity contribution < 1.29 is 18.0 Å². The Morgan fingerprint density at radius 1 is 1.30 bits per heavy atom. The minimum atomic E-state index is -4.40. The number of nitrogens with zero attached hydrogens (tertiary/aromatic N) is 3. The Morgan fingerprint density at radius 2 is 1.96 bits per heavy atom. The fraction of sp³-hybridized carbons (Fsp3) is 0.333. The molecule has 1 aliphatic heterocycles. The van der Waals surface area contributed by atoms with Crippen LogP contribution in [-0.2, 0) is 12.7 Å². The summed E-state index contributed by atoms with van der Waals surface area (Å²) in [5.41, 5.74) is 6.32. The van der Waals surface area contributed by atoms with Crippen LogP contribution in [0.25, 0.3) is 0 Å². The Morgan fingerprint density at radius 3 is 2.52 bits per heavy atom. The van der Waals surface area contributed by atoms with Crippen LogP contribution in [-0.4, -0.2) is 22.2 Å².